The lowest BCUT2D eigenvalue weighted by Gasteiger charge is -2.45. The molecule has 0 bridgehead atoms. The second-order valence-corrected chi connectivity index (χ2v) is 9.01. The number of hydrogen-bond donors (Lipinski definition) is 0. The molecule has 2 aromatic rings. The molecule has 2 aromatic heterocycles. The molecular weight excluding hydrogens is 360 g/mol. The highest BCUT2D eigenvalue weighted by Gasteiger charge is 2.45. The van der Waals surface area contributed by atoms with Gasteiger partial charge in [-0.2, -0.15) is 0 Å². The van der Waals surface area contributed by atoms with E-state index >= 15 is 0 Å². The molecule has 8 heteroatoms. The molecule has 3 rings (SSSR count). The maximum absolute atomic E-state index is 13.1. The lowest BCUT2D eigenvalue weighted by molar-refractivity contribution is 0.0259. The first-order valence-corrected chi connectivity index (χ1v) is 10.5. The van der Waals surface area contributed by atoms with Crippen molar-refractivity contribution in [1.29, 1.82) is 0 Å². The molecule has 1 atom stereocenters. The van der Waals surface area contributed by atoms with Gasteiger partial charge in [0.25, 0.3) is 5.91 Å². The molecule has 1 amide bonds. The van der Waals surface area contributed by atoms with Crippen LogP contribution < -0.4 is 0 Å². The van der Waals surface area contributed by atoms with Crippen molar-refractivity contribution in [2.45, 2.75) is 52.1 Å². The van der Waals surface area contributed by atoms with Gasteiger partial charge in [0, 0.05) is 19.6 Å². The Labute approximate surface area is 165 Å². The molecule has 1 fully saturated rings. The monoisotopic (exact) mass is 390 g/mol. The quantitative estimate of drug-likeness (QED) is 0.759. The standard InChI is InChI=1S/C19H30N6OS/c1-14(2)7-11-25-18(20-21-22-25)19(23(4)5)9-6-10-24(13-19)17(26)16-15(3)8-12-27-16/h8,12,14H,6-7,9-11,13H2,1-5H3. The third-order valence-corrected chi connectivity index (χ3v) is 6.54. The molecule has 0 radical (unpaired) electrons. The number of rotatable bonds is 6. The molecule has 27 heavy (non-hydrogen) atoms. The molecule has 0 aliphatic carbocycles. The van der Waals surface area contributed by atoms with Crippen molar-refractivity contribution in [3.05, 3.63) is 27.7 Å². The largest absolute Gasteiger partial charge is 0.336 e. The van der Waals surface area contributed by atoms with Gasteiger partial charge < -0.3 is 4.90 Å². The number of aromatic nitrogens is 4. The molecule has 1 saturated heterocycles. The minimum absolute atomic E-state index is 0.120. The van der Waals surface area contributed by atoms with Crippen LogP contribution in [0.4, 0.5) is 0 Å². The predicted octanol–water partition coefficient (Wildman–Crippen LogP) is 2.78. The Balaban J connectivity index is 1.90. The fourth-order valence-electron chi connectivity index (χ4n) is 3.76. The molecule has 1 unspecified atom stereocenters. The third kappa shape index (κ3) is 3.91. The van der Waals surface area contributed by atoms with E-state index < -0.39 is 0 Å². The number of carbonyl (C=O) groups excluding carboxylic acids is 1. The van der Waals surface area contributed by atoms with Crippen LogP contribution in [-0.2, 0) is 12.1 Å². The zero-order chi connectivity index (χ0) is 19.6. The van der Waals surface area contributed by atoms with Crippen molar-refractivity contribution in [2.24, 2.45) is 5.92 Å². The van der Waals surface area contributed by atoms with E-state index in [-0.39, 0.29) is 11.4 Å². The summed E-state index contributed by atoms with van der Waals surface area (Å²) >= 11 is 1.52. The van der Waals surface area contributed by atoms with Crippen molar-refractivity contribution in [2.75, 3.05) is 27.2 Å². The van der Waals surface area contributed by atoms with Crippen LogP contribution in [0.25, 0.3) is 0 Å². The predicted molar refractivity (Wildman–Crippen MR) is 107 cm³/mol. The van der Waals surface area contributed by atoms with Crippen LogP contribution in [0, 0.1) is 12.8 Å². The van der Waals surface area contributed by atoms with Gasteiger partial charge in [-0.3, -0.25) is 9.69 Å². The van der Waals surface area contributed by atoms with E-state index in [1.807, 2.05) is 28.0 Å². The number of carbonyl (C=O) groups is 1. The summed E-state index contributed by atoms with van der Waals surface area (Å²) in [6, 6.07) is 2.01. The van der Waals surface area contributed by atoms with Gasteiger partial charge in [0.15, 0.2) is 5.82 Å². The highest BCUT2D eigenvalue weighted by molar-refractivity contribution is 7.12. The first kappa shape index (κ1) is 19.9. The van der Waals surface area contributed by atoms with Gasteiger partial charge >= 0.3 is 0 Å². The summed E-state index contributed by atoms with van der Waals surface area (Å²) in [6.45, 7) is 8.59. The summed E-state index contributed by atoms with van der Waals surface area (Å²) in [7, 11) is 4.12. The maximum Gasteiger partial charge on any atom is 0.264 e. The minimum atomic E-state index is -0.362. The third-order valence-electron chi connectivity index (χ3n) is 5.54. The number of piperidine rings is 1. The summed E-state index contributed by atoms with van der Waals surface area (Å²) < 4.78 is 1.93. The fourth-order valence-corrected chi connectivity index (χ4v) is 4.65. The summed E-state index contributed by atoms with van der Waals surface area (Å²) in [4.78, 5) is 18.1. The van der Waals surface area contributed by atoms with Crippen LogP contribution in [0.15, 0.2) is 11.4 Å². The maximum atomic E-state index is 13.1. The Morgan fingerprint density at radius 2 is 2.19 bits per heavy atom. The van der Waals surface area contributed by atoms with Gasteiger partial charge in [0.05, 0.1) is 4.88 Å². The molecule has 0 saturated carbocycles. The van der Waals surface area contributed by atoms with Gasteiger partial charge in [-0.05, 0) is 73.6 Å². The first-order valence-electron chi connectivity index (χ1n) is 9.62. The Morgan fingerprint density at radius 3 is 2.81 bits per heavy atom. The van der Waals surface area contributed by atoms with Gasteiger partial charge in [-0.1, -0.05) is 13.8 Å². The smallest absolute Gasteiger partial charge is 0.264 e. The van der Waals surface area contributed by atoms with Crippen LogP contribution >= 0.6 is 11.3 Å². The van der Waals surface area contributed by atoms with Crippen LogP contribution in [-0.4, -0.2) is 63.1 Å². The van der Waals surface area contributed by atoms with Crippen molar-refractivity contribution in [3.63, 3.8) is 0 Å². The molecule has 0 N–H and O–H groups in total. The number of likely N-dealkylation sites (tertiary alicyclic amines) is 1. The van der Waals surface area contributed by atoms with Gasteiger partial charge in [-0.25, -0.2) is 4.68 Å². The second kappa shape index (κ2) is 8.06. The van der Waals surface area contributed by atoms with E-state index in [0.717, 1.165) is 48.6 Å². The van der Waals surface area contributed by atoms with Gasteiger partial charge in [0.1, 0.15) is 5.54 Å². The van der Waals surface area contributed by atoms with Crippen molar-refractivity contribution in [1.82, 2.24) is 30.0 Å². The zero-order valence-corrected chi connectivity index (χ0v) is 17.8. The van der Waals surface area contributed by atoms with Crippen LogP contribution in [0.2, 0.25) is 0 Å². The average Bonchev–Trinajstić information content (AvgIpc) is 3.28. The summed E-state index contributed by atoms with van der Waals surface area (Å²) in [5.41, 5.74) is 0.687. The van der Waals surface area contributed by atoms with E-state index in [0.29, 0.717) is 12.5 Å². The zero-order valence-electron chi connectivity index (χ0n) is 17.0. The van der Waals surface area contributed by atoms with E-state index in [1.165, 1.54) is 11.3 Å². The van der Waals surface area contributed by atoms with Crippen molar-refractivity contribution >= 4 is 17.2 Å². The minimum Gasteiger partial charge on any atom is -0.336 e. The van der Waals surface area contributed by atoms with Crippen molar-refractivity contribution < 1.29 is 4.79 Å². The summed E-state index contributed by atoms with van der Waals surface area (Å²) in [5.74, 6) is 1.58. The number of likely N-dealkylation sites (N-methyl/N-ethyl adjacent to an activating group) is 1. The van der Waals surface area contributed by atoms with E-state index in [2.05, 4.69) is 48.4 Å². The highest BCUT2D eigenvalue weighted by Crippen LogP contribution is 2.35. The van der Waals surface area contributed by atoms with E-state index in [9.17, 15) is 4.79 Å². The topological polar surface area (TPSA) is 67.2 Å². The molecular formula is C19H30N6OS. The van der Waals surface area contributed by atoms with Crippen LogP contribution in [0.3, 0.4) is 0 Å². The second-order valence-electron chi connectivity index (χ2n) is 8.10. The Morgan fingerprint density at radius 1 is 1.41 bits per heavy atom. The molecule has 0 aromatic carbocycles. The average molecular weight is 391 g/mol. The normalized spacial score (nSPS) is 20.6. The highest BCUT2D eigenvalue weighted by atomic mass is 32.1. The number of aryl methyl sites for hydroxylation is 2. The number of nitrogens with zero attached hydrogens (tertiary/aromatic N) is 6. The lowest BCUT2D eigenvalue weighted by Crippen LogP contribution is -2.56. The summed E-state index contributed by atoms with van der Waals surface area (Å²) in [6.07, 6.45) is 2.90. The van der Waals surface area contributed by atoms with E-state index in [4.69, 9.17) is 0 Å². The number of hydrogen-bond acceptors (Lipinski definition) is 6. The fraction of sp³-hybridized carbons (Fsp3) is 0.684. The molecule has 148 valence electrons. The van der Waals surface area contributed by atoms with E-state index in [1.54, 1.807) is 0 Å². The number of thiophene rings is 1. The number of amides is 1. The van der Waals surface area contributed by atoms with Gasteiger partial charge in [-0.15, -0.1) is 16.4 Å². The first-order chi connectivity index (χ1) is 12.8. The number of tetrazole rings is 1. The van der Waals surface area contributed by atoms with Crippen LogP contribution in [0.1, 0.15) is 54.2 Å². The molecule has 3 heterocycles. The molecule has 0 spiro atoms. The molecule has 1 aliphatic rings. The Bertz CT molecular complexity index is 783. The SMILES string of the molecule is Cc1ccsc1C(=O)N1CCCC(c2nnnn2CCC(C)C)(N(C)C)C1. The van der Waals surface area contributed by atoms with Gasteiger partial charge in [0.2, 0.25) is 0 Å². The van der Waals surface area contributed by atoms with Crippen LogP contribution in [0.5, 0.6) is 0 Å². The Hall–Kier alpha value is -1.80. The lowest BCUT2D eigenvalue weighted by atomic mass is 9.86. The van der Waals surface area contributed by atoms with Crippen molar-refractivity contribution in [3.8, 4) is 0 Å². The molecule has 7 nitrogen and oxygen atoms in total. The summed E-state index contributed by atoms with van der Waals surface area (Å²) in [5, 5.41) is 14.6. The molecule has 1 aliphatic heterocycles. The Kier molecular flexibility index (Phi) is 5.95.